The molecule has 68 heavy (non-hydrogen) atoms. The van der Waals surface area contributed by atoms with E-state index in [1.54, 1.807) is 0 Å². The fourth-order valence-electron chi connectivity index (χ4n) is 12.2. The van der Waals surface area contributed by atoms with E-state index in [4.69, 9.17) is 31.7 Å². The summed E-state index contributed by atoms with van der Waals surface area (Å²) in [7, 11) is 2.85. The molecule has 0 aliphatic carbocycles. The predicted octanol–water partition coefficient (Wildman–Crippen LogP) is 11.6. The molecule has 1 aromatic rings. The van der Waals surface area contributed by atoms with Crippen LogP contribution in [0.3, 0.4) is 0 Å². The van der Waals surface area contributed by atoms with Gasteiger partial charge < -0.3 is 4.74 Å². The summed E-state index contributed by atoms with van der Waals surface area (Å²) in [5.41, 5.74) is 6.88. The third-order valence-electron chi connectivity index (χ3n) is 16.1. The second-order valence-corrected chi connectivity index (χ2v) is 46.0. The Labute approximate surface area is 419 Å². The van der Waals surface area contributed by atoms with Gasteiger partial charge in [-0.1, -0.05) is 0 Å². The molecule has 8 atom stereocenters. The van der Waals surface area contributed by atoms with Gasteiger partial charge in [-0.2, -0.15) is 0 Å². The van der Waals surface area contributed by atoms with Crippen molar-refractivity contribution in [3.05, 3.63) is 6.20 Å². The number of rotatable bonds is 29. The molecule has 8 unspecified atom stereocenters. The third kappa shape index (κ3) is 17.0. The van der Waals surface area contributed by atoms with E-state index in [1.807, 2.05) is 4.68 Å². The van der Waals surface area contributed by atoms with Gasteiger partial charge >= 0.3 is 318 Å². The van der Waals surface area contributed by atoms with Crippen molar-refractivity contribution in [3.63, 3.8) is 0 Å². The zero-order valence-corrected chi connectivity index (χ0v) is 49.7. The van der Waals surface area contributed by atoms with E-state index in [2.05, 4.69) is 71.5 Å². The first-order chi connectivity index (χ1) is 33.0. The van der Waals surface area contributed by atoms with E-state index in [0.29, 0.717) is 37.9 Å². The van der Waals surface area contributed by atoms with Crippen molar-refractivity contribution in [2.24, 2.45) is 17.0 Å². The number of fused-ring (bicyclic) bond motifs is 4. The third-order valence-corrected chi connectivity index (χ3v) is 44.0. The van der Waals surface area contributed by atoms with Crippen LogP contribution in [0.2, 0.25) is 26.6 Å². The number of carbonyl (C=O) groups excluding carboxylic acids is 2. The van der Waals surface area contributed by atoms with Crippen LogP contribution in [-0.2, 0) is 19.1 Å². The van der Waals surface area contributed by atoms with E-state index in [9.17, 15) is 18.4 Å². The number of hydrogen-bond donors (Lipinski definition) is 1. The molecule has 0 aromatic carbocycles. The van der Waals surface area contributed by atoms with Crippen LogP contribution in [0.4, 0.5) is 8.78 Å². The van der Waals surface area contributed by atoms with Crippen LogP contribution in [0.15, 0.2) is 11.3 Å². The summed E-state index contributed by atoms with van der Waals surface area (Å²) in [4.78, 5) is 32.7. The molecule has 0 spiro atoms. The number of alkyl halides is 2. The summed E-state index contributed by atoms with van der Waals surface area (Å²) in [5.74, 6) is -1.09. The summed E-state index contributed by atoms with van der Waals surface area (Å²) < 4.78 is 50.6. The number of terminal acetylenes is 1. The minimum atomic E-state index is -2.68. The summed E-state index contributed by atoms with van der Waals surface area (Å²) in [6.07, 6.45) is 30.3. The van der Waals surface area contributed by atoms with Crippen molar-refractivity contribution in [1.82, 2.24) is 29.7 Å². The first kappa shape index (κ1) is 60.6. The number of nitrogens with zero attached hydrogens (tertiary/aromatic N) is 7. The van der Waals surface area contributed by atoms with Gasteiger partial charge in [0, 0.05) is 18.6 Å². The monoisotopic (exact) mass is 1170 g/mol. The van der Waals surface area contributed by atoms with Crippen molar-refractivity contribution >= 4 is 52.4 Å². The molecule has 4 aliphatic heterocycles. The molecule has 0 amide bonds. The number of piperidine rings is 2. The van der Waals surface area contributed by atoms with Crippen LogP contribution in [0.1, 0.15) is 176 Å². The van der Waals surface area contributed by atoms with Crippen LogP contribution in [0, 0.1) is 27.7 Å². The number of methoxy groups -OCH3 is 2. The van der Waals surface area contributed by atoms with Crippen molar-refractivity contribution in [2.45, 2.75) is 233 Å². The SMILES string of the molecule is C#[C][Sn]([CH2]CCC)([CH2]CCC)[CH2]CCC.CCC[CH2][Sn]([CH2]CCC)([CH2]CCC)[c]1cn(C2CC3CCC(C2C(=O)OC)N3CCCF)nn1.COC(=O)C1C(N=[N+]=N)CC2CCC1N2CCCF. The maximum atomic E-state index is 13.0. The number of halogens is 2. The van der Waals surface area contributed by atoms with Gasteiger partial charge in [0.25, 0.3) is 0 Å². The molecule has 5 rings (SSSR count). The molecule has 5 heterocycles. The van der Waals surface area contributed by atoms with Gasteiger partial charge in [-0.25, -0.2) is 0 Å². The Kier molecular flexibility index (Phi) is 29.5. The second-order valence-electron chi connectivity index (χ2n) is 20.5. The number of carbonyl (C=O) groups is 2. The molecule has 4 bridgehead atoms. The summed E-state index contributed by atoms with van der Waals surface area (Å²) in [6.45, 7) is 14.5. The van der Waals surface area contributed by atoms with Gasteiger partial charge in [-0.3, -0.25) is 14.1 Å². The molecule has 0 saturated carbocycles. The number of unbranched alkanes of at least 4 members (excludes halogenated alkanes) is 6. The summed E-state index contributed by atoms with van der Waals surface area (Å²) in [5, 5.41) is 13.5. The molecule has 1 aromatic heterocycles. The second kappa shape index (κ2) is 33.1. The first-order valence-corrected chi connectivity index (χ1v) is 42.2. The fourth-order valence-corrected chi connectivity index (χ4v) is 39.5. The minimum Gasteiger partial charge on any atom is -0.469 e. The molecule has 1 N–H and O–H groups in total. The minimum absolute atomic E-state index is 0.0136. The molecular formula is C52H95F2N8O4Sn2+. The van der Waals surface area contributed by atoms with Crippen molar-refractivity contribution in [2.75, 3.05) is 40.7 Å². The molecular weight excluding hydrogens is 1080 g/mol. The van der Waals surface area contributed by atoms with Crippen LogP contribution in [-0.4, -0.2) is 144 Å². The van der Waals surface area contributed by atoms with E-state index >= 15 is 0 Å². The maximum absolute atomic E-state index is 13.0. The summed E-state index contributed by atoms with van der Waals surface area (Å²) in [6, 6.07) is 0.596. The van der Waals surface area contributed by atoms with E-state index < -0.39 is 36.8 Å². The van der Waals surface area contributed by atoms with Gasteiger partial charge in [0.2, 0.25) is 4.91 Å². The number of esters is 2. The first-order valence-electron chi connectivity index (χ1n) is 27.3. The Balaban J connectivity index is 0.000000303. The smallest absolute Gasteiger partial charge is 0.312 e. The predicted molar refractivity (Wildman–Crippen MR) is 277 cm³/mol. The fraction of sp³-hybridized carbons (Fsp3) is 0.885. The van der Waals surface area contributed by atoms with Gasteiger partial charge in [-0.05, 0) is 25.7 Å². The standard InChI is InChI=1S/C14H20FN4O2.C12H20FN4O2.6C4H9.C2H.2Sn/c1-21-14(20)13-11-4-3-10(18(11)7-2-5-15)9-12(13)19-8-6-16-17-19;1-19-12(18)11-9(15-16-14)7-8-3-4-10(11)17(8)6-2-5-13;6*1-3-4-2;1-2;;/h8,10-13H,2-5,7,9H2,1H3;8-11,14H,2-7H2,1H3;6*1,3-4H2,2H3;1H;;/q;+1;;;;;;;;;. The van der Waals surface area contributed by atoms with Gasteiger partial charge in [0.1, 0.15) is 22.6 Å². The number of hydrogen-bond acceptors (Lipinski definition) is 10. The van der Waals surface area contributed by atoms with E-state index in [-0.39, 0.29) is 61.3 Å². The Bertz CT molecular complexity index is 1640. The Morgan fingerprint density at radius 3 is 1.57 bits per heavy atom. The maximum Gasteiger partial charge on any atom is 0.312 e. The molecule has 4 aliphatic rings. The zero-order valence-electron chi connectivity index (χ0n) is 44.0. The average molecular weight is 1170 g/mol. The van der Waals surface area contributed by atoms with Gasteiger partial charge in [0.15, 0.2) is 0 Å². The molecule has 12 nitrogen and oxygen atoms in total. The van der Waals surface area contributed by atoms with Gasteiger partial charge in [-0.15, -0.1) is 0 Å². The summed E-state index contributed by atoms with van der Waals surface area (Å²) >= 11 is -4.77. The van der Waals surface area contributed by atoms with Crippen LogP contribution < -0.4 is 8.62 Å². The quantitative estimate of drug-likeness (QED) is 0.0275. The van der Waals surface area contributed by atoms with Crippen LogP contribution in [0.25, 0.3) is 0 Å². The van der Waals surface area contributed by atoms with Crippen molar-refractivity contribution in [1.29, 1.82) is 5.53 Å². The molecule has 388 valence electrons. The normalized spacial score (nSPS) is 24.5. The molecule has 4 saturated heterocycles. The largest absolute Gasteiger partial charge is 0.469 e. The van der Waals surface area contributed by atoms with E-state index in [0.717, 1.165) is 38.6 Å². The molecule has 0 radical (unpaired) electrons. The topological polar surface area (TPSA) is 140 Å². The Hall–Kier alpha value is -1.67. The Morgan fingerprint density at radius 2 is 1.15 bits per heavy atom. The number of aromatic nitrogens is 3. The zero-order chi connectivity index (χ0) is 50.0. The van der Waals surface area contributed by atoms with Crippen LogP contribution in [0.5, 0.6) is 0 Å². The van der Waals surface area contributed by atoms with Crippen LogP contribution >= 0.6 is 0 Å². The Morgan fingerprint density at radius 1 is 0.706 bits per heavy atom. The number of ether oxygens (including phenoxy) is 2. The van der Waals surface area contributed by atoms with Gasteiger partial charge in [0.05, 0.1) is 13.8 Å². The van der Waals surface area contributed by atoms with Crippen molar-refractivity contribution < 1.29 is 27.8 Å². The molecule has 4 fully saturated rings. The number of nitrogens with one attached hydrogen (secondary N) is 1. The average Bonchev–Trinajstić information content (AvgIpc) is 4.05. The van der Waals surface area contributed by atoms with E-state index in [1.165, 1.54) is 122 Å². The molecule has 16 heteroatoms. The van der Waals surface area contributed by atoms with Crippen molar-refractivity contribution in [3.8, 4) is 10.4 Å².